The molecule has 4 saturated carbocycles. The molecule has 0 amide bonds. The fourth-order valence-electron chi connectivity index (χ4n) is 5.06. The van der Waals surface area contributed by atoms with Gasteiger partial charge in [0, 0.05) is 0 Å². The molecule has 0 aromatic rings. The van der Waals surface area contributed by atoms with E-state index >= 15 is 0 Å². The van der Waals surface area contributed by atoms with Crippen LogP contribution >= 0.6 is 0 Å². The second kappa shape index (κ2) is 3.12. The second-order valence-corrected chi connectivity index (χ2v) is 6.89. The van der Waals surface area contributed by atoms with Gasteiger partial charge >= 0.3 is 0 Å². The first-order chi connectivity index (χ1) is 7.08. The van der Waals surface area contributed by atoms with Crippen molar-refractivity contribution in [1.29, 1.82) is 0 Å². The molecule has 0 nitrogen and oxygen atoms in total. The van der Waals surface area contributed by atoms with Crippen LogP contribution < -0.4 is 0 Å². The van der Waals surface area contributed by atoms with Crippen LogP contribution in [0, 0.1) is 29.1 Å². The zero-order valence-corrected chi connectivity index (χ0v) is 10.4. The molecule has 0 heterocycles. The topological polar surface area (TPSA) is 0 Å². The van der Waals surface area contributed by atoms with Gasteiger partial charge in [-0.25, -0.2) is 0 Å². The molecule has 0 atom stereocenters. The van der Waals surface area contributed by atoms with Crippen LogP contribution in [0.1, 0.15) is 52.9 Å². The summed E-state index contributed by atoms with van der Waals surface area (Å²) < 4.78 is 0. The largest absolute Gasteiger partial charge is 0.0799 e. The van der Waals surface area contributed by atoms with E-state index in [2.05, 4.69) is 26.8 Å². The van der Waals surface area contributed by atoms with E-state index in [0.29, 0.717) is 5.41 Å². The molecule has 4 aliphatic carbocycles. The summed E-state index contributed by atoms with van der Waals surface area (Å²) in [5.41, 5.74) is 2.09. The minimum Gasteiger partial charge on any atom is -0.0799 e. The van der Waals surface area contributed by atoms with Crippen molar-refractivity contribution in [2.24, 2.45) is 29.1 Å². The van der Waals surface area contributed by atoms with Crippen molar-refractivity contribution in [1.82, 2.24) is 0 Å². The van der Waals surface area contributed by atoms with Gasteiger partial charge in [0.1, 0.15) is 0 Å². The van der Waals surface area contributed by atoms with Gasteiger partial charge in [-0.3, -0.25) is 0 Å². The Kier molecular flexibility index (Phi) is 2.06. The van der Waals surface area contributed by atoms with Crippen LogP contribution in [-0.4, -0.2) is 0 Å². The molecule has 0 spiro atoms. The average molecular weight is 204 g/mol. The molecule has 4 fully saturated rings. The van der Waals surface area contributed by atoms with Crippen molar-refractivity contribution in [3.8, 4) is 0 Å². The maximum absolute atomic E-state index is 2.61. The lowest BCUT2D eigenvalue weighted by molar-refractivity contribution is -0.0712. The normalized spacial score (nSPS) is 51.9. The van der Waals surface area contributed by atoms with E-state index in [1.165, 1.54) is 31.3 Å². The van der Waals surface area contributed by atoms with Gasteiger partial charge in [-0.1, -0.05) is 18.6 Å². The first-order valence-corrected chi connectivity index (χ1v) is 6.74. The van der Waals surface area contributed by atoms with Gasteiger partial charge in [-0.05, 0) is 75.0 Å². The Morgan fingerprint density at radius 2 is 1.40 bits per heavy atom. The van der Waals surface area contributed by atoms with Crippen molar-refractivity contribution >= 4 is 0 Å². The molecule has 0 aromatic heterocycles. The quantitative estimate of drug-likeness (QED) is 0.555. The fraction of sp³-hybridized carbons (Fsp3) is 0.867. The highest BCUT2D eigenvalue weighted by Crippen LogP contribution is 2.62. The van der Waals surface area contributed by atoms with E-state index in [1.807, 2.05) is 0 Å². The summed E-state index contributed by atoms with van der Waals surface area (Å²) in [6, 6.07) is 0. The lowest BCUT2D eigenvalue weighted by atomic mass is 9.46. The molecule has 84 valence electrons. The lowest BCUT2D eigenvalue weighted by Gasteiger charge is -2.59. The minimum absolute atomic E-state index is 0.562. The van der Waals surface area contributed by atoms with Crippen molar-refractivity contribution in [3.05, 3.63) is 11.6 Å². The van der Waals surface area contributed by atoms with Gasteiger partial charge in [-0.15, -0.1) is 0 Å². The smallest absolute Gasteiger partial charge is 0.00872 e. The highest BCUT2D eigenvalue weighted by molar-refractivity contribution is 5.15. The van der Waals surface area contributed by atoms with Gasteiger partial charge in [-0.2, -0.15) is 0 Å². The number of hydrogen-bond donors (Lipinski definition) is 0. The summed E-state index contributed by atoms with van der Waals surface area (Å²) in [6.07, 6.45) is 10.3. The highest BCUT2D eigenvalue weighted by Gasteiger charge is 2.53. The molecule has 4 aliphatic rings. The molecule has 0 heteroatoms. The van der Waals surface area contributed by atoms with E-state index in [4.69, 9.17) is 0 Å². The maximum atomic E-state index is 2.61. The summed E-state index contributed by atoms with van der Waals surface area (Å²) in [6.45, 7) is 7.10. The third-order valence-corrected chi connectivity index (χ3v) is 5.50. The van der Waals surface area contributed by atoms with Crippen LogP contribution in [0.2, 0.25) is 0 Å². The summed E-state index contributed by atoms with van der Waals surface area (Å²) in [7, 11) is 0. The molecule has 0 radical (unpaired) electrons. The Bertz CT molecular complexity index is 265. The van der Waals surface area contributed by atoms with Crippen molar-refractivity contribution in [2.45, 2.75) is 52.9 Å². The van der Waals surface area contributed by atoms with Gasteiger partial charge in [0.2, 0.25) is 0 Å². The van der Waals surface area contributed by atoms with Crippen LogP contribution in [0.15, 0.2) is 11.6 Å². The van der Waals surface area contributed by atoms with Gasteiger partial charge in [0.25, 0.3) is 0 Å². The Morgan fingerprint density at radius 1 is 0.933 bits per heavy atom. The number of allylic oxidation sites excluding steroid dienone is 2. The molecule has 15 heavy (non-hydrogen) atoms. The van der Waals surface area contributed by atoms with Crippen LogP contribution in [0.3, 0.4) is 0 Å². The number of hydrogen-bond acceptors (Lipinski definition) is 0. The summed E-state index contributed by atoms with van der Waals surface area (Å²) in [5, 5.41) is 0. The van der Waals surface area contributed by atoms with E-state index in [0.717, 1.165) is 23.7 Å². The van der Waals surface area contributed by atoms with Crippen LogP contribution in [0.25, 0.3) is 0 Å². The molecular weight excluding hydrogens is 180 g/mol. The third-order valence-electron chi connectivity index (χ3n) is 5.50. The Hall–Kier alpha value is -0.260. The standard InChI is InChI=1S/C15H24/c1-10(2)9-15(3)13-5-11-4-12(7-13)8-14(15)6-11/h9,11-14H,4-8H2,1-3H3. The Morgan fingerprint density at radius 3 is 1.80 bits per heavy atom. The molecule has 0 aliphatic heterocycles. The Balaban J connectivity index is 1.94. The van der Waals surface area contributed by atoms with Gasteiger partial charge in [0.15, 0.2) is 0 Å². The van der Waals surface area contributed by atoms with Crippen LogP contribution in [-0.2, 0) is 0 Å². The SMILES string of the molecule is CC(C)=CC1(C)C2CC3CC(C2)CC1C3. The average Bonchev–Trinajstić information content (AvgIpc) is 2.12. The minimum atomic E-state index is 0.562. The van der Waals surface area contributed by atoms with E-state index in [-0.39, 0.29) is 0 Å². The van der Waals surface area contributed by atoms with E-state index in [9.17, 15) is 0 Å². The van der Waals surface area contributed by atoms with Gasteiger partial charge < -0.3 is 0 Å². The zero-order chi connectivity index (χ0) is 10.6. The molecule has 0 unspecified atom stereocenters. The molecule has 4 bridgehead atoms. The summed E-state index contributed by atoms with van der Waals surface area (Å²) >= 11 is 0. The van der Waals surface area contributed by atoms with Crippen LogP contribution in [0.4, 0.5) is 0 Å². The zero-order valence-electron chi connectivity index (χ0n) is 10.4. The maximum Gasteiger partial charge on any atom is -0.00872 e. The second-order valence-electron chi connectivity index (χ2n) is 6.89. The molecule has 0 aromatic carbocycles. The van der Waals surface area contributed by atoms with Crippen LogP contribution in [0.5, 0.6) is 0 Å². The molecule has 0 N–H and O–H groups in total. The molecule has 0 saturated heterocycles. The first kappa shape index (κ1) is 9.93. The summed E-state index contributed by atoms with van der Waals surface area (Å²) in [5.74, 6) is 4.24. The van der Waals surface area contributed by atoms with Gasteiger partial charge in [0.05, 0.1) is 0 Å². The predicted octanol–water partition coefficient (Wildman–Crippen LogP) is 4.42. The van der Waals surface area contributed by atoms with Crippen molar-refractivity contribution < 1.29 is 0 Å². The Labute approximate surface area is 94.1 Å². The van der Waals surface area contributed by atoms with E-state index < -0.39 is 0 Å². The van der Waals surface area contributed by atoms with Crippen molar-refractivity contribution in [3.63, 3.8) is 0 Å². The molecule has 4 rings (SSSR count). The lowest BCUT2D eigenvalue weighted by Crippen LogP contribution is -2.50. The summed E-state index contributed by atoms with van der Waals surface area (Å²) in [4.78, 5) is 0. The fourth-order valence-corrected chi connectivity index (χ4v) is 5.06. The van der Waals surface area contributed by atoms with E-state index in [1.54, 1.807) is 6.42 Å². The predicted molar refractivity (Wildman–Crippen MR) is 64.6 cm³/mol. The monoisotopic (exact) mass is 204 g/mol. The number of rotatable bonds is 1. The van der Waals surface area contributed by atoms with Crippen molar-refractivity contribution in [2.75, 3.05) is 0 Å². The highest BCUT2D eigenvalue weighted by atomic mass is 14.6. The first-order valence-electron chi connectivity index (χ1n) is 6.74. The third kappa shape index (κ3) is 1.40. The molecular formula is C15H24.